The van der Waals surface area contributed by atoms with Gasteiger partial charge >= 0.3 is 0 Å². The first-order valence-corrected chi connectivity index (χ1v) is 6.70. The molecule has 1 N–H and O–H groups in total. The molecule has 3 nitrogen and oxygen atoms in total. The van der Waals surface area contributed by atoms with Crippen LogP contribution in [-0.2, 0) is 4.79 Å². The van der Waals surface area contributed by atoms with Crippen molar-refractivity contribution >= 4 is 40.3 Å². The van der Waals surface area contributed by atoms with E-state index in [4.69, 9.17) is 16.6 Å². The highest BCUT2D eigenvalue weighted by atomic mass is 32.2. The molecule has 1 aliphatic heterocycles. The standard InChI is InChI=1S/C12H11NO2S2/c1-6-4-8(6)9-3-2-7(15-9)5-10-11(14)13-12(16)17-10/h2-3,5-6,8H,4H2,1H3,(H,13,14,16)/b10-5-/t6-,8+/m1/s1. The van der Waals surface area contributed by atoms with Crippen LogP contribution >= 0.6 is 24.0 Å². The molecule has 0 aromatic carbocycles. The van der Waals surface area contributed by atoms with Gasteiger partial charge in [0.1, 0.15) is 15.8 Å². The minimum Gasteiger partial charge on any atom is -0.461 e. The minimum absolute atomic E-state index is 0.141. The maximum absolute atomic E-state index is 11.5. The van der Waals surface area contributed by atoms with Crippen LogP contribution in [-0.4, -0.2) is 10.2 Å². The second-order valence-electron chi connectivity index (χ2n) is 4.41. The zero-order chi connectivity index (χ0) is 12.0. The SMILES string of the molecule is C[C@@H]1C[C@@H]1c1ccc(/C=C2\SC(=S)NC2=O)o1. The number of rotatable bonds is 2. The quantitative estimate of drug-likeness (QED) is 0.659. The lowest BCUT2D eigenvalue weighted by Gasteiger charge is -1.92. The Morgan fingerprint density at radius 1 is 1.59 bits per heavy atom. The van der Waals surface area contributed by atoms with Gasteiger partial charge in [0.2, 0.25) is 0 Å². The van der Waals surface area contributed by atoms with Crippen molar-refractivity contribution in [1.29, 1.82) is 0 Å². The Morgan fingerprint density at radius 3 is 2.94 bits per heavy atom. The maximum atomic E-state index is 11.5. The van der Waals surface area contributed by atoms with E-state index >= 15 is 0 Å². The van der Waals surface area contributed by atoms with Gasteiger partial charge in [0, 0.05) is 12.0 Å². The van der Waals surface area contributed by atoms with Gasteiger partial charge in [-0.1, -0.05) is 30.9 Å². The molecule has 2 aliphatic rings. The van der Waals surface area contributed by atoms with Crippen molar-refractivity contribution in [2.45, 2.75) is 19.3 Å². The molecule has 2 heterocycles. The van der Waals surface area contributed by atoms with E-state index in [1.165, 1.54) is 18.2 Å². The van der Waals surface area contributed by atoms with Crippen LogP contribution in [0.4, 0.5) is 0 Å². The van der Waals surface area contributed by atoms with Gasteiger partial charge in [-0.25, -0.2) is 0 Å². The number of furan rings is 1. The van der Waals surface area contributed by atoms with Gasteiger partial charge in [-0.2, -0.15) is 0 Å². The Balaban J connectivity index is 1.81. The van der Waals surface area contributed by atoms with E-state index in [9.17, 15) is 4.79 Å². The molecule has 0 spiro atoms. The van der Waals surface area contributed by atoms with Crippen molar-refractivity contribution in [2.75, 3.05) is 0 Å². The molecule has 17 heavy (non-hydrogen) atoms. The molecule has 1 aromatic heterocycles. The van der Waals surface area contributed by atoms with Crippen LogP contribution in [0, 0.1) is 5.92 Å². The highest BCUT2D eigenvalue weighted by Gasteiger charge is 2.36. The fraction of sp³-hybridized carbons (Fsp3) is 0.333. The fourth-order valence-electron chi connectivity index (χ4n) is 1.91. The van der Waals surface area contributed by atoms with Gasteiger partial charge in [-0.05, 0) is 24.5 Å². The predicted molar refractivity (Wildman–Crippen MR) is 71.5 cm³/mol. The first-order chi connectivity index (χ1) is 8.13. The van der Waals surface area contributed by atoms with Crippen molar-refractivity contribution in [3.63, 3.8) is 0 Å². The predicted octanol–water partition coefficient (Wildman–Crippen LogP) is 2.89. The number of carbonyl (C=O) groups excluding carboxylic acids is 1. The maximum Gasteiger partial charge on any atom is 0.263 e. The molecular formula is C12H11NO2S2. The molecular weight excluding hydrogens is 254 g/mol. The number of hydrogen-bond donors (Lipinski definition) is 1. The Morgan fingerprint density at radius 2 is 2.35 bits per heavy atom. The van der Waals surface area contributed by atoms with Gasteiger partial charge < -0.3 is 9.73 Å². The summed E-state index contributed by atoms with van der Waals surface area (Å²) in [6.45, 7) is 2.21. The van der Waals surface area contributed by atoms with Crippen molar-refractivity contribution in [2.24, 2.45) is 5.92 Å². The molecule has 5 heteroatoms. The Kier molecular flexibility index (Phi) is 2.60. The van der Waals surface area contributed by atoms with Crippen LogP contribution < -0.4 is 5.32 Å². The summed E-state index contributed by atoms with van der Waals surface area (Å²) in [6.07, 6.45) is 2.94. The third-order valence-electron chi connectivity index (χ3n) is 3.04. The van der Waals surface area contributed by atoms with Gasteiger partial charge in [-0.3, -0.25) is 4.79 Å². The molecule has 0 bridgehead atoms. The molecule has 1 amide bonds. The third kappa shape index (κ3) is 2.17. The Labute approximate surface area is 109 Å². The summed E-state index contributed by atoms with van der Waals surface area (Å²) in [5.41, 5.74) is 0. The molecule has 0 unspecified atom stereocenters. The first-order valence-electron chi connectivity index (χ1n) is 5.48. The van der Waals surface area contributed by atoms with Crippen molar-refractivity contribution < 1.29 is 9.21 Å². The largest absolute Gasteiger partial charge is 0.461 e. The molecule has 1 saturated heterocycles. The number of thiocarbonyl (C=S) groups is 1. The second kappa shape index (κ2) is 3.99. The fourth-order valence-corrected chi connectivity index (χ4v) is 2.94. The van der Waals surface area contributed by atoms with Crippen LogP contribution in [0.2, 0.25) is 0 Å². The summed E-state index contributed by atoms with van der Waals surface area (Å²) in [6, 6.07) is 3.90. The summed E-state index contributed by atoms with van der Waals surface area (Å²) < 4.78 is 6.21. The van der Waals surface area contributed by atoms with Crippen molar-refractivity contribution in [3.8, 4) is 0 Å². The number of nitrogens with one attached hydrogen (secondary N) is 1. The minimum atomic E-state index is -0.141. The zero-order valence-electron chi connectivity index (χ0n) is 9.23. The van der Waals surface area contributed by atoms with E-state index in [-0.39, 0.29) is 5.91 Å². The molecule has 0 radical (unpaired) electrons. The average Bonchev–Trinajstić information content (AvgIpc) is 2.71. The normalized spacial score (nSPS) is 29.8. The number of thioether (sulfide) groups is 1. The molecule has 88 valence electrons. The van der Waals surface area contributed by atoms with Gasteiger partial charge in [0.25, 0.3) is 5.91 Å². The molecule has 1 saturated carbocycles. The van der Waals surface area contributed by atoms with Crippen molar-refractivity contribution in [1.82, 2.24) is 5.32 Å². The number of carbonyl (C=O) groups is 1. The summed E-state index contributed by atoms with van der Waals surface area (Å²) in [5.74, 6) is 2.89. The Hall–Kier alpha value is -1.07. The summed E-state index contributed by atoms with van der Waals surface area (Å²) in [4.78, 5) is 12.1. The molecule has 1 aromatic rings. The van der Waals surface area contributed by atoms with E-state index in [1.807, 2.05) is 12.1 Å². The second-order valence-corrected chi connectivity index (χ2v) is 6.13. The van der Waals surface area contributed by atoms with Gasteiger partial charge in [-0.15, -0.1) is 0 Å². The van der Waals surface area contributed by atoms with Crippen LogP contribution in [0.15, 0.2) is 21.5 Å². The van der Waals surface area contributed by atoms with Crippen LogP contribution in [0.5, 0.6) is 0 Å². The zero-order valence-corrected chi connectivity index (χ0v) is 10.9. The van der Waals surface area contributed by atoms with Crippen LogP contribution in [0.3, 0.4) is 0 Å². The molecule has 2 atom stereocenters. The monoisotopic (exact) mass is 265 g/mol. The van der Waals surface area contributed by atoms with Gasteiger partial charge in [0.05, 0.1) is 4.91 Å². The van der Waals surface area contributed by atoms with E-state index in [0.717, 1.165) is 17.4 Å². The van der Waals surface area contributed by atoms with Crippen molar-refractivity contribution in [3.05, 3.63) is 28.6 Å². The number of amides is 1. The highest BCUT2D eigenvalue weighted by molar-refractivity contribution is 8.26. The summed E-state index contributed by atoms with van der Waals surface area (Å²) >= 11 is 6.20. The number of hydrogen-bond acceptors (Lipinski definition) is 4. The summed E-state index contributed by atoms with van der Waals surface area (Å²) in [5, 5.41) is 2.58. The lowest BCUT2D eigenvalue weighted by Crippen LogP contribution is -2.17. The highest BCUT2D eigenvalue weighted by Crippen LogP contribution is 2.47. The lowest BCUT2D eigenvalue weighted by atomic mass is 10.3. The van der Waals surface area contributed by atoms with E-state index in [0.29, 0.717) is 15.1 Å². The molecule has 1 aliphatic carbocycles. The molecule has 2 fully saturated rings. The smallest absolute Gasteiger partial charge is 0.263 e. The van der Waals surface area contributed by atoms with E-state index in [1.54, 1.807) is 6.08 Å². The van der Waals surface area contributed by atoms with Crippen LogP contribution in [0.25, 0.3) is 6.08 Å². The first kappa shape index (κ1) is 11.0. The average molecular weight is 265 g/mol. The molecule has 3 rings (SSSR count). The topological polar surface area (TPSA) is 42.2 Å². The van der Waals surface area contributed by atoms with Crippen LogP contribution in [0.1, 0.15) is 30.8 Å². The van der Waals surface area contributed by atoms with E-state index < -0.39 is 0 Å². The lowest BCUT2D eigenvalue weighted by molar-refractivity contribution is -0.115. The van der Waals surface area contributed by atoms with E-state index in [2.05, 4.69) is 12.2 Å². The Bertz CT molecular complexity index is 532. The van der Waals surface area contributed by atoms with Gasteiger partial charge in [0.15, 0.2) is 0 Å². The summed E-state index contributed by atoms with van der Waals surface area (Å²) in [7, 11) is 0. The third-order valence-corrected chi connectivity index (χ3v) is 4.20.